The number of nitrogens with zero attached hydrogens (tertiary/aromatic N) is 3. The van der Waals surface area contributed by atoms with Crippen LogP contribution in [0.25, 0.3) is 11.0 Å². The number of aromatic nitrogens is 3. The van der Waals surface area contributed by atoms with Crippen molar-refractivity contribution in [2.75, 3.05) is 5.32 Å². The predicted octanol–water partition coefficient (Wildman–Crippen LogP) is 2.81. The van der Waals surface area contributed by atoms with Crippen LogP contribution in [0, 0.1) is 18.6 Å². The molecule has 0 aliphatic carbocycles. The number of hydrogen-bond donors (Lipinski definition) is 1. The van der Waals surface area contributed by atoms with E-state index in [1.54, 1.807) is 24.7 Å². The number of anilines is 1. The van der Waals surface area contributed by atoms with E-state index in [0.717, 1.165) is 29.3 Å². The third kappa shape index (κ3) is 2.41. The number of carbonyl (C=O) groups is 1. The number of benzene rings is 1. The van der Waals surface area contributed by atoms with Gasteiger partial charge in [-0.25, -0.2) is 13.8 Å². The van der Waals surface area contributed by atoms with Crippen LogP contribution in [-0.2, 0) is 7.05 Å². The van der Waals surface area contributed by atoms with Crippen LogP contribution in [0.5, 0.6) is 0 Å². The Kier molecular flexibility index (Phi) is 3.32. The Hall–Kier alpha value is -2.83. The largest absolute Gasteiger partial charge is 0.319 e. The zero-order valence-electron chi connectivity index (χ0n) is 11.9. The normalized spacial score (nSPS) is 10.9. The second-order valence-corrected chi connectivity index (χ2v) is 4.88. The summed E-state index contributed by atoms with van der Waals surface area (Å²) in [5, 5.41) is 7.28. The molecule has 0 fully saturated rings. The molecule has 5 nitrogen and oxygen atoms in total. The van der Waals surface area contributed by atoms with Gasteiger partial charge in [-0.1, -0.05) is 0 Å². The summed E-state index contributed by atoms with van der Waals surface area (Å²) in [6.45, 7) is 1.80. The van der Waals surface area contributed by atoms with E-state index in [9.17, 15) is 13.6 Å². The molecule has 0 aliphatic heterocycles. The first-order valence-electron chi connectivity index (χ1n) is 6.51. The van der Waals surface area contributed by atoms with Crippen LogP contribution in [0.1, 0.15) is 16.1 Å². The summed E-state index contributed by atoms with van der Waals surface area (Å²) < 4.78 is 28.3. The third-order valence-corrected chi connectivity index (χ3v) is 3.30. The lowest BCUT2D eigenvalue weighted by Gasteiger charge is -2.06. The number of rotatable bonds is 2. The molecule has 3 rings (SSSR count). The van der Waals surface area contributed by atoms with E-state index in [-0.39, 0.29) is 11.3 Å². The Morgan fingerprint density at radius 2 is 2.05 bits per heavy atom. The van der Waals surface area contributed by atoms with Crippen molar-refractivity contribution in [2.45, 2.75) is 6.92 Å². The molecule has 0 spiro atoms. The number of aryl methyl sites for hydroxylation is 2. The van der Waals surface area contributed by atoms with Crippen molar-refractivity contribution >= 4 is 22.6 Å². The molecule has 2 aromatic heterocycles. The average molecular weight is 302 g/mol. The summed E-state index contributed by atoms with van der Waals surface area (Å²) in [5.74, 6) is -1.91. The zero-order valence-corrected chi connectivity index (χ0v) is 11.9. The summed E-state index contributed by atoms with van der Waals surface area (Å²) in [5.41, 5.74) is 1.41. The fourth-order valence-electron chi connectivity index (χ4n) is 2.22. The van der Waals surface area contributed by atoms with E-state index in [0.29, 0.717) is 5.65 Å². The minimum absolute atomic E-state index is 0.215. The van der Waals surface area contributed by atoms with Gasteiger partial charge in [0.1, 0.15) is 11.6 Å². The van der Waals surface area contributed by atoms with Crippen LogP contribution in [0.15, 0.2) is 30.5 Å². The van der Waals surface area contributed by atoms with Crippen molar-refractivity contribution in [1.29, 1.82) is 0 Å². The number of halogens is 2. The molecular weight excluding hydrogens is 290 g/mol. The second-order valence-electron chi connectivity index (χ2n) is 4.88. The van der Waals surface area contributed by atoms with Crippen molar-refractivity contribution in [2.24, 2.45) is 7.05 Å². The van der Waals surface area contributed by atoms with Gasteiger partial charge in [-0.3, -0.25) is 9.48 Å². The van der Waals surface area contributed by atoms with Gasteiger partial charge in [-0.2, -0.15) is 5.10 Å². The van der Waals surface area contributed by atoms with Crippen LogP contribution < -0.4 is 5.32 Å². The molecule has 0 radical (unpaired) electrons. The van der Waals surface area contributed by atoms with E-state index in [4.69, 9.17) is 0 Å². The Morgan fingerprint density at radius 1 is 1.27 bits per heavy atom. The van der Waals surface area contributed by atoms with Gasteiger partial charge in [-0.15, -0.1) is 0 Å². The third-order valence-electron chi connectivity index (χ3n) is 3.30. The molecule has 0 atom stereocenters. The maximum atomic E-state index is 13.6. The Morgan fingerprint density at radius 3 is 2.82 bits per heavy atom. The molecular formula is C15H12F2N4O. The van der Waals surface area contributed by atoms with E-state index >= 15 is 0 Å². The molecule has 2 heterocycles. The molecule has 22 heavy (non-hydrogen) atoms. The molecule has 112 valence electrons. The summed E-state index contributed by atoms with van der Waals surface area (Å²) >= 11 is 0. The highest BCUT2D eigenvalue weighted by molar-refractivity contribution is 6.05. The molecule has 1 amide bonds. The molecule has 1 N–H and O–H groups in total. The lowest BCUT2D eigenvalue weighted by atomic mass is 10.2. The lowest BCUT2D eigenvalue weighted by Crippen LogP contribution is -2.13. The summed E-state index contributed by atoms with van der Waals surface area (Å²) in [6.07, 6.45) is 1.37. The summed E-state index contributed by atoms with van der Waals surface area (Å²) in [7, 11) is 1.75. The fourth-order valence-corrected chi connectivity index (χ4v) is 2.22. The molecule has 1 aromatic carbocycles. The zero-order chi connectivity index (χ0) is 15.9. The predicted molar refractivity (Wildman–Crippen MR) is 77.6 cm³/mol. The Bertz CT molecular complexity index is 889. The van der Waals surface area contributed by atoms with E-state index in [1.165, 1.54) is 6.20 Å². The highest BCUT2D eigenvalue weighted by atomic mass is 19.1. The van der Waals surface area contributed by atoms with Crippen LogP contribution in [0.2, 0.25) is 0 Å². The van der Waals surface area contributed by atoms with Gasteiger partial charge in [0.05, 0.1) is 16.9 Å². The molecule has 0 bridgehead atoms. The molecule has 7 heteroatoms. The monoisotopic (exact) mass is 302 g/mol. The van der Waals surface area contributed by atoms with E-state index in [2.05, 4.69) is 15.4 Å². The highest BCUT2D eigenvalue weighted by Gasteiger charge is 2.14. The van der Waals surface area contributed by atoms with Crippen molar-refractivity contribution < 1.29 is 13.6 Å². The molecule has 0 aliphatic rings. The maximum Gasteiger partial charge on any atom is 0.257 e. The number of carbonyl (C=O) groups excluding carboxylic acids is 1. The highest BCUT2D eigenvalue weighted by Crippen LogP contribution is 2.19. The van der Waals surface area contributed by atoms with Gasteiger partial charge in [0.15, 0.2) is 5.65 Å². The first-order valence-corrected chi connectivity index (χ1v) is 6.51. The van der Waals surface area contributed by atoms with Gasteiger partial charge in [0.2, 0.25) is 0 Å². The smallest absolute Gasteiger partial charge is 0.257 e. The molecule has 3 aromatic rings. The SMILES string of the molecule is Cc1nn(C)c2ncc(C(=O)Nc3cc(F)ccc3F)cc12. The number of nitrogens with one attached hydrogen (secondary N) is 1. The number of hydrogen-bond acceptors (Lipinski definition) is 3. The van der Waals surface area contributed by atoms with Crippen LogP contribution >= 0.6 is 0 Å². The first kappa shape index (κ1) is 14.1. The molecule has 0 saturated carbocycles. The van der Waals surface area contributed by atoms with Gasteiger partial charge in [0, 0.05) is 24.7 Å². The molecule has 0 saturated heterocycles. The van der Waals surface area contributed by atoms with Gasteiger partial charge in [0.25, 0.3) is 5.91 Å². The lowest BCUT2D eigenvalue weighted by molar-refractivity contribution is 0.102. The molecule has 0 unspecified atom stereocenters. The van der Waals surface area contributed by atoms with Crippen molar-refractivity contribution in [3.63, 3.8) is 0 Å². The fraction of sp³-hybridized carbons (Fsp3) is 0.133. The Balaban J connectivity index is 1.95. The quantitative estimate of drug-likeness (QED) is 0.792. The van der Waals surface area contributed by atoms with Gasteiger partial charge in [-0.05, 0) is 25.1 Å². The summed E-state index contributed by atoms with van der Waals surface area (Å²) in [4.78, 5) is 16.3. The average Bonchev–Trinajstić information content (AvgIpc) is 2.77. The van der Waals surface area contributed by atoms with E-state index < -0.39 is 17.5 Å². The number of amides is 1. The van der Waals surface area contributed by atoms with E-state index in [1.807, 2.05) is 0 Å². The van der Waals surface area contributed by atoms with Crippen molar-refractivity contribution in [1.82, 2.24) is 14.8 Å². The van der Waals surface area contributed by atoms with Gasteiger partial charge >= 0.3 is 0 Å². The minimum Gasteiger partial charge on any atom is -0.319 e. The Labute approximate surface area is 124 Å². The second kappa shape index (κ2) is 5.18. The first-order chi connectivity index (χ1) is 10.5. The number of pyridine rings is 1. The van der Waals surface area contributed by atoms with Crippen molar-refractivity contribution in [3.05, 3.63) is 53.4 Å². The van der Waals surface area contributed by atoms with Gasteiger partial charge < -0.3 is 5.32 Å². The topological polar surface area (TPSA) is 59.8 Å². The van der Waals surface area contributed by atoms with Crippen molar-refractivity contribution in [3.8, 4) is 0 Å². The standard InChI is InChI=1S/C15H12F2N4O/c1-8-11-5-9(7-18-14(11)21(2)20-8)15(22)19-13-6-10(16)3-4-12(13)17/h3-7H,1-2H3,(H,19,22). The maximum absolute atomic E-state index is 13.6. The number of fused-ring (bicyclic) bond motifs is 1. The summed E-state index contributed by atoms with van der Waals surface area (Å²) in [6, 6.07) is 4.49. The van der Waals surface area contributed by atoms with Crippen LogP contribution in [-0.4, -0.2) is 20.7 Å². The minimum atomic E-state index is -0.707. The van der Waals surface area contributed by atoms with Crippen LogP contribution in [0.4, 0.5) is 14.5 Å². The van der Waals surface area contributed by atoms with Crippen LogP contribution in [0.3, 0.4) is 0 Å².